The van der Waals surface area contributed by atoms with E-state index < -0.39 is 0 Å². The van der Waals surface area contributed by atoms with Gasteiger partial charge in [0.25, 0.3) is 0 Å². The molecule has 0 fully saturated rings. The summed E-state index contributed by atoms with van der Waals surface area (Å²) in [5.74, 6) is -0.403. The van der Waals surface area contributed by atoms with Crippen LogP contribution in [0.5, 0.6) is 0 Å². The van der Waals surface area contributed by atoms with Crippen molar-refractivity contribution >= 4 is 11.8 Å². The number of Topliss-reactive ketones (excluding diaryl/α,β-unsaturated/α-hetero) is 1. The number of hydrogen-bond acceptors (Lipinski definition) is 3. The van der Waals surface area contributed by atoms with Crippen molar-refractivity contribution < 1.29 is 14.3 Å². The molecule has 0 aliphatic carbocycles. The first-order valence-electron chi connectivity index (χ1n) is 12.0. The van der Waals surface area contributed by atoms with E-state index in [0.29, 0.717) is 12.0 Å². The van der Waals surface area contributed by atoms with Gasteiger partial charge in [-0.15, -0.1) is 0 Å². The summed E-state index contributed by atoms with van der Waals surface area (Å²) in [6.07, 6.45) is 20.0. The molecule has 3 heteroatoms. The Morgan fingerprint density at radius 2 is 1.10 bits per heavy atom. The molecular formula is C26H42O3. The Balaban J connectivity index is 1.82. The Bertz CT molecular complexity index is 524. The van der Waals surface area contributed by atoms with Crippen molar-refractivity contribution in [2.75, 3.05) is 6.61 Å². The third kappa shape index (κ3) is 14.9. The van der Waals surface area contributed by atoms with Gasteiger partial charge in [-0.2, -0.15) is 0 Å². The quantitative estimate of drug-likeness (QED) is 0.135. The first kappa shape index (κ1) is 25.4. The molecule has 1 aromatic rings. The summed E-state index contributed by atoms with van der Waals surface area (Å²) in [6.45, 7) is 2.12. The molecule has 0 amide bonds. The van der Waals surface area contributed by atoms with Gasteiger partial charge in [0.05, 0.1) is 0 Å². The first-order valence-corrected chi connectivity index (χ1v) is 12.0. The molecule has 0 aliphatic rings. The largest absolute Gasteiger partial charge is 0.457 e. The van der Waals surface area contributed by atoms with Crippen LogP contribution in [0, 0.1) is 0 Å². The highest BCUT2D eigenvalue weighted by Crippen LogP contribution is 2.14. The second-order valence-corrected chi connectivity index (χ2v) is 8.15. The Labute approximate surface area is 178 Å². The molecule has 0 saturated heterocycles. The lowest BCUT2D eigenvalue weighted by Gasteiger charge is -2.05. The molecule has 0 aromatic heterocycles. The summed E-state index contributed by atoms with van der Waals surface area (Å²) < 4.78 is 5.09. The number of carbonyl (C=O) groups excluding carboxylic acids is 2. The minimum atomic E-state index is -0.260. The van der Waals surface area contributed by atoms with Crippen LogP contribution in [-0.2, 0) is 9.53 Å². The molecule has 3 nitrogen and oxygen atoms in total. The summed E-state index contributed by atoms with van der Waals surface area (Å²) in [5.41, 5.74) is 0.590. The average Bonchev–Trinajstić information content (AvgIpc) is 2.75. The summed E-state index contributed by atoms with van der Waals surface area (Å²) in [7, 11) is 0. The van der Waals surface area contributed by atoms with Gasteiger partial charge >= 0.3 is 5.97 Å². The predicted octanol–water partition coefficient (Wildman–Crippen LogP) is 7.67. The third-order valence-corrected chi connectivity index (χ3v) is 5.44. The van der Waals surface area contributed by atoms with Crippen LogP contribution in [0.2, 0.25) is 0 Å². The zero-order valence-corrected chi connectivity index (χ0v) is 18.6. The van der Waals surface area contributed by atoms with Gasteiger partial charge in [0, 0.05) is 12.0 Å². The van der Waals surface area contributed by atoms with Crippen molar-refractivity contribution in [1.82, 2.24) is 0 Å². The van der Waals surface area contributed by atoms with Gasteiger partial charge in [0.1, 0.15) is 0 Å². The molecule has 0 bridgehead atoms. The third-order valence-electron chi connectivity index (χ3n) is 5.44. The first-order chi connectivity index (χ1) is 14.2. The number of benzene rings is 1. The van der Waals surface area contributed by atoms with Crippen molar-refractivity contribution in [2.24, 2.45) is 0 Å². The lowest BCUT2D eigenvalue weighted by atomic mass is 10.0. The molecule has 1 aromatic carbocycles. The second kappa shape index (κ2) is 18.4. The molecule has 0 atom stereocenters. The summed E-state index contributed by atoms with van der Waals surface area (Å²) in [5, 5.41) is 0. The van der Waals surface area contributed by atoms with Gasteiger partial charge in [-0.25, -0.2) is 0 Å². The van der Waals surface area contributed by atoms with Gasteiger partial charge in [-0.3, -0.25) is 9.59 Å². The van der Waals surface area contributed by atoms with Crippen LogP contribution in [-0.4, -0.2) is 18.4 Å². The zero-order valence-electron chi connectivity index (χ0n) is 18.6. The molecule has 0 aliphatic heterocycles. The molecule has 164 valence electrons. The maximum atomic E-state index is 11.9. The number of ketones is 1. The van der Waals surface area contributed by atoms with Crippen LogP contribution in [0.1, 0.15) is 120 Å². The average molecular weight is 403 g/mol. The van der Waals surface area contributed by atoms with Crippen molar-refractivity contribution in [1.29, 1.82) is 0 Å². The monoisotopic (exact) mass is 402 g/mol. The van der Waals surface area contributed by atoms with Gasteiger partial charge in [0.15, 0.2) is 12.4 Å². The summed E-state index contributed by atoms with van der Waals surface area (Å²) in [4.78, 5) is 23.6. The van der Waals surface area contributed by atoms with Crippen LogP contribution < -0.4 is 0 Å². The Morgan fingerprint density at radius 1 is 0.655 bits per heavy atom. The second-order valence-electron chi connectivity index (χ2n) is 8.15. The topological polar surface area (TPSA) is 43.4 Å². The fourth-order valence-electron chi connectivity index (χ4n) is 3.57. The highest BCUT2D eigenvalue weighted by atomic mass is 16.5. The van der Waals surface area contributed by atoms with Gasteiger partial charge in [-0.1, -0.05) is 127 Å². The molecular weight excluding hydrogens is 360 g/mol. The minimum absolute atomic E-state index is 0.143. The highest BCUT2D eigenvalue weighted by Gasteiger charge is 2.09. The Morgan fingerprint density at radius 3 is 1.59 bits per heavy atom. The van der Waals surface area contributed by atoms with Gasteiger partial charge < -0.3 is 4.74 Å². The van der Waals surface area contributed by atoms with Crippen LogP contribution in [0.4, 0.5) is 0 Å². The van der Waals surface area contributed by atoms with E-state index in [0.717, 1.165) is 12.8 Å². The number of unbranched alkanes of at least 4 members (excludes halogenated alkanes) is 14. The van der Waals surface area contributed by atoms with Gasteiger partial charge in [-0.05, 0) is 6.42 Å². The molecule has 1 rings (SSSR count). The Hall–Kier alpha value is -1.64. The van der Waals surface area contributed by atoms with E-state index in [4.69, 9.17) is 4.74 Å². The number of esters is 1. The van der Waals surface area contributed by atoms with E-state index in [9.17, 15) is 9.59 Å². The maximum absolute atomic E-state index is 11.9. The molecule has 0 spiro atoms. The number of ether oxygens (including phenoxy) is 1. The lowest BCUT2D eigenvalue weighted by molar-refractivity contribution is -0.142. The van der Waals surface area contributed by atoms with E-state index in [2.05, 4.69) is 6.92 Å². The summed E-state index contributed by atoms with van der Waals surface area (Å²) >= 11 is 0. The van der Waals surface area contributed by atoms with E-state index in [1.54, 1.807) is 12.1 Å². The van der Waals surface area contributed by atoms with Crippen LogP contribution in [0.15, 0.2) is 30.3 Å². The van der Waals surface area contributed by atoms with Crippen molar-refractivity contribution in [3.8, 4) is 0 Å². The fraction of sp³-hybridized carbons (Fsp3) is 0.692. The maximum Gasteiger partial charge on any atom is 0.306 e. The lowest BCUT2D eigenvalue weighted by Crippen LogP contribution is -2.13. The molecule has 0 saturated carbocycles. The van der Waals surface area contributed by atoms with Crippen molar-refractivity contribution in [2.45, 2.75) is 110 Å². The predicted molar refractivity (Wildman–Crippen MR) is 121 cm³/mol. The van der Waals surface area contributed by atoms with E-state index >= 15 is 0 Å². The van der Waals surface area contributed by atoms with Crippen molar-refractivity contribution in [3.63, 3.8) is 0 Å². The van der Waals surface area contributed by atoms with E-state index in [-0.39, 0.29) is 18.4 Å². The van der Waals surface area contributed by atoms with Crippen LogP contribution in [0.3, 0.4) is 0 Å². The smallest absolute Gasteiger partial charge is 0.306 e. The number of hydrogen-bond donors (Lipinski definition) is 0. The minimum Gasteiger partial charge on any atom is -0.457 e. The molecule has 0 N–H and O–H groups in total. The summed E-state index contributed by atoms with van der Waals surface area (Å²) in [6, 6.07) is 8.96. The number of carbonyl (C=O) groups is 2. The molecule has 0 heterocycles. The fourth-order valence-corrected chi connectivity index (χ4v) is 3.57. The normalized spacial score (nSPS) is 10.8. The van der Waals surface area contributed by atoms with Crippen LogP contribution >= 0.6 is 0 Å². The molecule has 0 radical (unpaired) electrons. The van der Waals surface area contributed by atoms with E-state index in [1.807, 2.05) is 18.2 Å². The molecule has 29 heavy (non-hydrogen) atoms. The van der Waals surface area contributed by atoms with Crippen molar-refractivity contribution in [3.05, 3.63) is 35.9 Å². The van der Waals surface area contributed by atoms with E-state index in [1.165, 1.54) is 83.5 Å². The highest BCUT2D eigenvalue weighted by molar-refractivity contribution is 5.97. The van der Waals surface area contributed by atoms with Gasteiger partial charge in [0.2, 0.25) is 0 Å². The van der Waals surface area contributed by atoms with Crippen LogP contribution in [0.25, 0.3) is 0 Å². The SMILES string of the molecule is CCCCCCCCCCCCCCCCCC(=O)OCC(=O)c1ccccc1. The Kier molecular flexibility index (Phi) is 16.1. The molecule has 0 unspecified atom stereocenters. The number of rotatable bonds is 19. The zero-order chi connectivity index (χ0) is 21.0. The standard InChI is InChI=1S/C26H42O3/c1-2-3-4-5-6-7-8-9-10-11-12-13-14-15-19-22-26(28)29-23-25(27)24-20-17-16-18-21-24/h16-18,20-21H,2-15,19,22-23H2,1H3.